The third-order valence-electron chi connectivity index (χ3n) is 2.93. The van der Waals surface area contributed by atoms with E-state index in [1.165, 1.54) is 0 Å². The number of nitrogens with two attached hydrogens (primary N) is 1. The van der Waals surface area contributed by atoms with Crippen molar-refractivity contribution in [1.29, 1.82) is 0 Å². The Kier molecular flexibility index (Phi) is 5.58. The van der Waals surface area contributed by atoms with Crippen LogP contribution in [0.4, 0.5) is 4.39 Å². The van der Waals surface area contributed by atoms with Gasteiger partial charge < -0.3 is 5.73 Å². The van der Waals surface area contributed by atoms with Crippen molar-refractivity contribution in [3.05, 3.63) is 29.0 Å². The number of hydrogen-bond donors (Lipinski definition) is 2. The van der Waals surface area contributed by atoms with Gasteiger partial charge in [-0.15, -0.1) is 12.4 Å². The fraction of sp³-hybridized carbons (Fsp3) is 0.455. The average Bonchev–Trinajstić information content (AvgIpc) is 3.09. The van der Waals surface area contributed by atoms with E-state index < -0.39 is 15.8 Å². The van der Waals surface area contributed by atoms with Crippen LogP contribution in [0, 0.1) is 11.7 Å². The predicted molar refractivity (Wildman–Crippen MR) is 74.5 cm³/mol. The molecule has 0 heterocycles. The van der Waals surface area contributed by atoms with E-state index in [1.54, 1.807) is 0 Å². The van der Waals surface area contributed by atoms with Crippen LogP contribution in [-0.2, 0) is 10.0 Å². The zero-order valence-electron chi connectivity index (χ0n) is 9.97. The molecule has 19 heavy (non-hydrogen) atoms. The normalized spacial score (nSPS) is 16.8. The molecule has 3 N–H and O–H groups in total. The van der Waals surface area contributed by atoms with Gasteiger partial charge in [0.05, 0.1) is 5.02 Å². The first-order valence-corrected chi connectivity index (χ1v) is 7.47. The van der Waals surface area contributed by atoms with Gasteiger partial charge in [0, 0.05) is 12.6 Å². The molecule has 1 fully saturated rings. The van der Waals surface area contributed by atoms with E-state index in [9.17, 15) is 12.8 Å². The van der Waals surface area contributed by atoms with Gasteiger partial charge in [-0.1, -0.05) is 11.6 Å². The van der Waals surface area contributed by atoms with Crippen molar-refractivity contribution in [3.8, 4) is 0 Å². The largest absolute Gasteiger partial charge is 0.329 e. The molecule has 0 aliphatic heterocycles. The van der Waals surface area contributed by atoms with Gasteiger partial charge in [-0.05, 0) is 37.0 Å². The smallest absolute Gasteiger partial charge is 0.242 e. The molecule has 0 bridgehead atoms. The Morgan fingerprint density at radius 1 is 1.47 bits per heavy atom. The summed E-state index contributed by atoms with van der Waals surface area (Å²) >= 11 is 5.75. The van der Waals surface area contributed by atoms with E-state index in [4.69, 9.17) is 17.3 Å². The van der Waals surface area contributed by atoms with Crippen LogP contribution in [0.3, 0.4) is 0 Å². The van der Waals surface area contributed by atoms with Gasteiger partial charge in [0.2, 0.25) is 10.0 Å². The van der Waals surface area contributed by atoms with E-state index in [-0.39, 0.29) is 34.9 Å². The maximum atomic E-state index is 12.9. The van der Waals surface area contributed by atoms with Gasteiger partial charge in [0.25, 0.3) is 0 Å². The summed E-state index contributed by atoms with van der Waals surface area (Å²) in [6.45, 7) is 0.239. The highest BCUT2D eigenvalue weighted by molar-refractivity contribution is 7.89. The topological polar surface area (TPSA) is 72.2 Å². The van der Waals surface area contributed by atoms with Crippen LogP contribution in [0.25, 0.3) is 0 Å². The Hall–Kier alpha value is -0.400. The average molecular weight is 329 g/mol. The second kappa shape index (κ2) is 6.37. The number of halogens is 3. The summed E-state index contributed by atoms with van der Waals surface area (Å²) < 4.78 is 39.6. The molecule has 1 unspecified atom stereocenters. The maximum absolute atomic E-state index is 12.9. The maximum Gasteiger partial charge on any atom is 0.242 e. The first-order chi connectivity index (χ1) is 8.44. The summed E-state index contributed by atoms with van der Waals surface area (Å²) in [5, 5.41) is -0.130. The molecule has 1 aromatic carbocycles. The van der Waals surface area contributed by atoms with E-state index in [0.29, 0.717) is 5.92 Å². The molecular weight excluding hydrogens is 314 g/mol. The minimum absolute atomic E-state index is 0. The van der Waals surface area contributed by atoms with Gasteiger partial charge in [-0.25, -0.2) is 17.5 Å². The molecule has 2 rings (SSSR count). The van der Waals surface area contributed by atoms with Gasteiger partial charge in [-0.3, -0.25) is 0 Å². The molecule has 4 nitrogen and oxygen atoms in total. The molecule has 0 spiro atoms. The van der Waals surface area contributed by atoms with Crippen LogP contribution in [0.1, 0.15) is 12.8 Å². The highest BCUT2D eigenvalue weighted by Gasteiger charge is 2.33. The Morgan fingerprint density at radius 2 is 2.11 bits per heavy atom. The summed E-state index contributed by atoms with van der Waals surface area (Å²) in [6, 6.07) is 2.91. The lowest BCUT2D eigenvalue weighted by Crippen LogP contribution is -2.41. The van der Waals surface area contributed by atoms with Crippen LogP contribution in [0.2, 0.25) is 5.02 Å². The van der Waals surface area contributed by atoms with E-state index in [0.717, 1.165) is 31.0 Å². The quantitative estimate of drug-likeness (QED) is 0.867. The summed E-state index contributed by atoms with van der Waals surface area (Å²) in [7, 11) is -3.75. The molecular formula is C11H15Cl2FN2O2S. The fourth-order valence-corrected chi connectivity index (χ4v) is 3.64. The van der Waals surface area contributed by atoms with Crippen molar-refractivity contribution in [2.75, 3.05) is 6.54 Å². The van der Waals surface area contributed by atoms with Crippen molar-refractivity contribution in [2.24, 2.45) is 11.7 Å². The van der Waals surface area contributed by atoms with Crippen LogP contribution in [-0.4, -0.2) is 21.0 Å². The van der Waals surface area contributed by atoms with Crippen molar-refractivity contribution >= 4 is 34.0 Å². The molecule has 1 aliphatic carbocycles. The first-order valence-electron chi connectivity index (χ1n) is 5.61. The third kappa shape index (κ3) is 4.03. The van der Waals surface area contributed by atoms with Gasteiger partial charge in [0.1, 0.15) is 10.7 Å². The molecule has 0 saturated heterocycles. The minimum Gasteiger partial charge on any atom is -0.329 e. The van der Waals surface area contributed by atoms with Crippen LogP contribution < -0.4 is 10.5 Å². The van der Waals surface area contributed by atoms with Crippen molar-refractivity contribution in [2.45, 2.75) is 23.8 Å². The Labute approximate surface area is 123 Å². The number of sulfonamides is 1. The summed E-state index contributed by atoms with van der Waals surface area (Å²) in [6.07, 6.45) is 1.95. The lowest BCUT2D eigenvalue weighted by molar-refractivity contribution is 0.519. The van der Waals surface area contributed by atoms with Gasteiger partial charge in [-0.2, -0.15) is 0 Å². The van der Waals surface area contributed by atoms with Crippen LogP contribution in [0.5, 0.6) is 0 Å². The second-order valence-electron chi connectivity index (χ2n) is 4.38. The lowest BCUT2D eigenvalue weighted by atomic mass is 10.2. The molecule has 1 atom stereocenters. The van der Waals surface area contributed by atoms with E-state index >= 15 is 0 Å². The Bertz CT molecular complexity index is 550. The molecule has 0 amide bonds. The predicted octanol–water partition coefficient (Wildman–Crippen LogP) is 1.92. The summed E-state index contributed by atoms with van der Waals surface area (Å²) in [4.78, 5) is -0.121. The van der Waals surface area contributed by atoms with Crippen molar-refractivity contribution < 1.29 is 12.8 Å². The summed E-state index contributed by atoms with van der Waals surface area (Å²) in [5.41, 5.74) is 5.54. The molecule has 1 aromatic rings. The molecule has 0 radical (unpaired) electrons. The van der Waals surface area contributed by atoms with Gasteiger partial charge >= 0.3 is 0 Å². The SMILES string of the molecule is Cl.NCC(NS(=O)(=O)c1ccc(F)cc1Cl)C1CC1. The molecule has 1 saturated carbocycles. The highest BCUT2D eigenvalue weighted by atomic mass is 35.5. The molecule has 8 heteroatoms. The number of hydrogen-bond acceptors (Lipinski definition) is 3. The van der Waals surface area contributed by atoms with E-state index in [2.05, 4.69) is 4.72 Å². The zero-order valence-corrected chi connectivity index (χ0v) is 12.4. The second-order valence-corrected chi connectivity index (χ2v) is 6.47. The molecule has 1 aliphatic rings. The monoisotopic (exact) mass is 328 g/mol. The minimum atomic E-state index is -3.75. The molecule has 0 aromatic heterocycles. The van der Waals surface area contributed by atoms with Crippen molar-refractivity contribution in [3.63, 3.8) is 0 Å². The highest BCUT2D eigenvalue weighted by Crippen LogP contribution is 2.33. The Balaban J connectivity index is 0.00000180. The number of rotatable bonds is 5. The fourth-order valence-electron chi connectivity index (χ4n) is 1.79. The number of nitrogens with one attached hydrogen (secondary N) is 1. The summed E-state index contributed by atoms with van der Waals surface area (Å²) in [5.74, 6) is -0.277. The van der Waals surface area contributed by atoms with Crippen molar-refractivity contribution in [1.82, 2.24) is 4.72 Å². The Morgan fingerprint density at radius 3 is 2.58 bits per heavy atom. The standard InChI is InChI=1S/C11H14ClFN2O2S.ClH/c12-9-5-8(13)3-4-11(9)18(16,17)15-10(6-14)7-1-2-7;/h3-5,7,10,15H,1-2,6,14H2;1H. The zero-order chi connectivity index (χ0) is 13.3. The van der Waals surface area contributed by atoms with E-state index in [1.807, 2.05) is 0 Å². The van der Waals surface area contributed by atoms with Gasteiger partial charge in [0.15, 0.2) is 0 Å². The number of benzene rings is 1. The first kappa shape index (κ1) is 16.7. The lowest BCUT2D eigenvalue weighted by Gasteiger charge is -2.16. The molecule has 108 valence electrons. The third-order valence-corrected chi connectivity index (χ3v) is 4.91. The van der Waals surface area contributed by atoms with Crippen LogP contribution in [0.15, 0.2) is 23.1 Å². The van der Waals surface area contributed by atoms with Crippen LogP contribution >= 0.6 is 24.0 Å².